The van der Waals surface area contributed by atoms with Crippen LogP contribution >= 0.6 is 11.3 Å². The Bertz CT molecular complexity index is 2630. The lowest BCUT2D eigenvalue weighted by Crippen LogP contribution is -2.12. The number of nitrogens with zero attached hydrogens (tertiary/aromatic N) is 3. The van der Waals surface area contributed by atoms with E-state index >= 15 is 0 Å². The van der Waals surface area contributed by atoms with Gasteiger partial charge in [-0.05, 0) is 42.3 Å². The smallest absolute Gasteiger partial charge is 0.160 e. The Morgan fingerprint density at radius 1 is 0.660 bits per heavy atom. The number of fused-ring (bicyclic) bond motifs is 4. The van der Waals surface area contributed by atoms with Crippen molar-refractivity contribution in [2.24, 2.45) is 20.7 Å². The minimum Gasteiger partial charge on any atom is -0.456 e. The molecule has 0 bridgehead atoms. The number of nitrogens with two attached hydrogens (primary N) is 1. The standard InChI is InChI=1S/C45H34N4OS.C2H6/c1-29(32-15-6-3-7-16-32)47-45(34-19-10-5-11-20-34)48-30(2)35-22-14-23-39-42(35)37-27-31(25-26-38(37)50-39)28-41-43(36-21-12-13-24-40(36)51-41)49-44(46)33-17-8-4-9-18-33;1-2/h3-27H,1,28H2,2H3,(H2,46,49);1-2H3. The number of thiophene rings is 1. The van der Waals surface area contributed by atoms with Gasteiger partial charge < -0.3 is 10.2 Å². The topological polar surface area (TPSA) is 76.2 Å². The zero-order valence-electron chi connectivity index (χ0n) is 30.1. The van der Waals surface area contributed by atoms with Gasteiger partial charge in [-0.15, -0.1) is 11.3 Å². The third-order valence-corrected chi connectivity index (χ3v) is 10.1. The van der Waals surface area contributed by atoms with Crippen LogP contribution in [0.15, 0.2) is 178 Å². The number of aliphatic imine (C=N–C) groups is 3. The van der Waals surface area contributed by atoms with E-state index in [1.807, 2.05) is 124 Å². The molecule has 0 aliphatic carbocycles. The van der Waals surface area contributed by atoms with Crippen LogP contribution in [0.2, 0.25) is 0 Å². The van der Waals surface area contributed by atoms with Crippen LogP contribution in [0.3, 0.4) is 0 Å². The molecule has 2 aromatic heterocycles. The Morgan fingerprint density at radius 3 is 2.02 bits per heavy atom. The number of amidine groups is 2. The normalized spacial score (nSPS) is 12.2. The van der Waals surface area contributed by atoms with Gasteiger partial charge in [0.2, 0.25) is 0 Å². The first-order valence-corrected chi connectivity index (χ1v) is 18.6. The largest absolute Gasteiger partial charge is 0.456 e. The predicted molar refractivity (Wildman–Crippen MR) is 227 cm³/mol. The fourth-order valence-electron chi connectivity index (χ4n) is 6.37. The molecule has 8 rings (SSSR count). The van der Waals surface area contributed by atoms with E-state index in [0.29, 0.717) is 23.8 Å². The van der Waals surface area contributed by atoms with E-state index in [1.54, 1.807) is 11.3 Å². The van der Waals surface area contributed by atoms with Crippen LogP contribution < -0.4 is 5.73 Å². The highest BCUT2D eigenvalue weighted by atomic mass is 32.1. The number of benzene rings is 6. The Balaban J connectivity index is 0.00000214. The van der Waals surface area contributed by atoms with Gasteiger partial charge >= 0.3 is 0 Å². The molecule has 6 aromatic carbocycles. The van der Waals surface area contributed by atoms with E-state index in [4.69, 9.17) is 25.1 Å². The van der Waals surface area contributed by atoms with Crippen molar-refractivity contribution in [1.29, 1.82) is 0 Å². The third kappa shape index (κ3) is 7.50. The lowest BCUT2D eigenvalue weighted by molar-refractivity contribution is 0.669. The quantitative estimate of drug-likeness (QED) is 0.126. The molecule has 6 heteroatoms. The van der Waals surface area contributed by atoms with Gasteiger partial charge in [-0.3, -0.25) is 0 Å². The highest BCUT2D eigenvalue weighted by Gasteiger charge is 2.17. The van der Waals surface area contributed by atoms with E-state index in [2.05, 4.69) is 55.1 Å². The van der Waals surface area contributed by atoms with Gasteiger partial charge in [-0.1, -0.05) is 148 Å². The first kappa shape index (κ1) is 35.1. The average Bonchev–Trinajstić information content (AvgIpc) is 3.76. The van der Waals surface area contributed by atoms with E-state index in [-0.39, 0.29) is 0 Å². The van der Waals surface area contributed by atoms with Crippen LogP contribution in [0.25, 0.3) is 37.7 Å². The van der Waals surface area contributed by atoms with Crippen molar-refractivity contribution in [2.75, 3.05) is 0 Å². The zero-order chi connectivity index (χ0) is 36.7. The maximum absolute atomic E-state index is 6.55. The van der Waals surface area contributed by atoms with Crippen molar-refractivity contribution in [1.82, 2.24) is 0 Å². The monoisotopic (exact) mass is 708 g/mol. The van der Waals surface area contributed by atoms with Gasteiger partial charge in [-0.2, -0.15) is 0 Å². The van der Waals surface area contributed by atoms with Gasteiger partial charge in [0.1, 0.15) is 17.0 Å². The molecule has 0 unspecified atom stereocenters. The minimum absolute atomic E-state index is 0.502. The maximum atomic E-state index is 6.55. The summed E-state index contributed by atoms with van der Waals surface area (Å²) in [7, 11) is 0. The number of rotatable bonds is 8. The number of furan rings is 1. The zero-order valence-corrected chi connectivity index (χ0v) is 30.9. The molecule has 53 heavy (non-hydrogen) atoms. The van der Waals surface area contributed by atoms with Gasteiger partial charge in [-0.25, -0.2) is 15.0 Å². The Kier molecular flexibility index (Phi) is 10.5. The summed E-state index contributed by atoms with van der Waals surface area (Å²) < 4.78 is 7.58. The molecule has 8 aromatic rings. The van der Waals surface area contributed by atoms with E-state index in [9.17, 15) is 0 Å². The Morgan fingerprint density at radius 2 is 1.30 bits per heavy atom. The fraction of sp³-hybridized carbons (Fsp3) is 0.0851. The van der Waals surface area contributed by atoms with E-state index < -0.39 is 0 Å². The molecule has 5 nitrogen and oxygen atoms in total. The van der Waals surface area contributed by atoms with Crippen molar-refractivity contribution < 1.29 is 4.42 Å². The van der Waals surface area contributed by atoms with Crippen LogP contribution in [0, 0.1) is 0 Å². The highest BCUT2D eigenvalue weighted by Crippen LogP contribution is 2.40. The summed E-state index contributed by atoms with van der Waals surface area (Å²) in [6, 6.07) is 50.9. The lowest BCUT2D eigenvalue weighted by atomic mass is 10.0. The summed E-state index contributed by atoms with van der Waals surface area (Å²) in [5.41, 5.74) is 15.5. The molecule has 0 amide bonds. The van der Waals surface area contributed by atoms with Crippen molar-refractivity contribution in [3.8, 4) is 0 Å². The summed E-state index contributed by atoms with van der Waals surface area (Å²) in [6.07, 6.45) is 0.699. The summed E-state index contributed by atoms with van der Waals surface area (Å²) >= 11 is 1.76. The molecule has 0 saturated heterocycles. The summed E-state index contributed by atoms with van der Waals surface area (Å²) in [4.78, 5) is 16.2. The number of hydrogen-bond acceptors (Lipinski definition) is 4. The first-order chi connectivity index (χ1) is 26.0. The fourth-order valence-corrected chi connectivity index (χ4v) is 7.55. The van der Waals surface area contributed by atoms with Crippen LogP contribution in [0.1, 0.15) is 53.5 Å². The van der Waals surface area contributed by atoms with Crippen molar-refractivity contribution in [2.45, 2.75) is 27.2 Å². The molecule has 0 atom stereocenters. The minimum atomic E-state index is 0.502. The van der Waals surface area contributed by atoms with Crippen LogP contribution in [-0.2, 0) is 6.42 Å². The van der Waals surface area contributed by atoms with Crippen LogP contribution in [0.4, 0.5) is 5.69 Å². The molecular weight excluding hydrogens is 669 g/mol. The first-order valence-electron chi connectivity index (χ1n) is 17.8. The van der Waals surface area contributed by atoms with E-state index in [1.165, 1.54) is 4.70 Å². The van der Waals surface area contributed by atoms with Crippen molar-refractivity contribution in [3.05, 3.63) is 191 Å². The average molecular weight is 709 g/mol. The number of hydrogen-bond donors (Lipinski definition) is 1. The SMILES string of the molecule is C=C(N=C(N=C(C)c1cccc2oc3ccc(Cc4sc5ccccc5c4N=C(N)c4ccccc4)cc3c12)c1ccccc1)c1ccccc1.CC. The molecule has 0 saturated carbocycles. The molecule has 0 spiro atoms. The van der Waals surface area contributed by atoms with Gasteiger partial charge in [0.05, 0.1) is 11.4 Å². The van der Waals surface area contributed by atoms with Crippen molar-refractivity contribution >= 4 is 72.1 Å². The highest BCUT2D eigenvalue weighted by molar-refractivity contribution is 7.19. The molecule has 0 aliphatic rings. The van der Waals surface area contributed by atoms with Gasteiger partial charge in [0.25, 0.3) is 0 Å². The summed E-state index contributed by atoms with van der Waals surface area (Å²) in [5, 5.41) is 3.16. The Labute approximate surface area is 314 Å². The molecular formula is C47H40N4OS. The van der Waals surface area contributed by atoms with E-state index in [0.717, 1.165) is 71.4 Å². The molecule has 0 aliphatic heterocycles. The van der Waals surface area contributed by atoms with Gasteiger partial charge in [0.15, 0.2) is 5.84 Å². The molecule has 0 fully saturated rings. The van der Waals surface area contributed by atoms with Crippen LogP contribution in [0.5, 0.6) is 0 Å². The second-order valence-corrected chi connectivity index (χ2v) is 13.5. The molecule has 260 valence electrons. The molecule has 2 heterocycles. The second-order valence-electron chi connectivity index (χ2n) is 12.3. The summed E-state index contributed by atoms with van der Waals surface area (Å²) in [6.45, 7) is 10.3. The summed E-state index contributed by atoms with van der Waals surface area (Å²) in [5.74, 6) is 1.10. The van der Waals surface area contributed by atoms with Crippen molar-refractivity contribution in [3.63, 3.8) is 0 Å². The molecule has 2 N–H and O–H groups in total. The van der Waals surface area contributed by atoms with Gasteiger partial charge in [0, 0.05) is 54.6 Å². The third-order valence-electron chi connectivity index (χ3n) is 8.91. The Hall–Kier alpha value is -6.37. The van der Waals surface area contributed by atoms with Crippen LogP contribution in [-0.4, -0.2) is 17.4 Å². The predicted octanol–water partition coefficient (Wildman–Crippen LogP) is 12.4. The second kappa shape index (κ2) is 15.9. The lowest BCUT2D eigenvalue weighted by Gasteiger charge is -2.08. The molecule has 0 radical (unpaired) electrons. The maximum Gasteiger partial charge on any atom is 0.160 e.